The van der Waals surface area contributed by atoms with Crippen molar-refractivity contribution < 1.29 is 9.53 Å². The zero-order valence-corrected chi connectivity index (χ0v) is 10.0. The van der Waals surface area contributed by atoms with E-state index in [9.17, 15) is 4.79 Å². The van der Waals surface area contributed by atoms with Crippen LogP contribution in [0.25, 0.3) is 0 Å². The summed E-state index contributed by atoms with van der Waals surface area (Å²) in [6.07, 6.45) is 0. The summed E-state index contributed by atoms with van der Waals surface area (Å²) < 4.78 is 5.64. The van der Waals surface area contributed by atoms with Gasteiger partial charge in [-0.25, -0.2) is 0 Å². The quantitative estimate of drug-likeness (QED) is 0.811. The molecule has 2 rings (SSSR count). The van der Waals surface area contributed by atoms with E-state index < -0.39 is 5.91 Å². The summed E-state index contributed by atoms with van der Waals surface area (Å²) in [5.74, 6) is 0.854. The van der Waals surface area contributed by atoms with Gasteiger partial charge in [-0.3, -0.25) is 4.79 Å². The predicted molar refractivity (Wildman–Crippen MR) is 70.6 cm³/mol. The first-order valence-corrected chi connectivity index (χ1v) is 5.50. The number of benzene rings is 2. The molecule has 0 bridgehead atoms. The maximum atomic E-state index is 11.1. The maximum absolute atomic E-state index is 11.1. The first-order chi connectivity index (χ1) is 8.56. The average molecular weight is 242 g/mol. The van der Waals surface area contributed by atoms with Crippen molar-refractivity contribution in [2.45, 2.75) is 6.92 Å². The van der Waals surface area contributed by atoms with E-state index in [2.05, 4.69) is 0 Å². The minimum Gasteiger partial charge on any atom is -0.457 e. The molecule has 1 amide bonds. The Kier molecular flexibility index (Phi) is 3.19. The molecule has 4 heteroatoms. The highest BCUT2D eigenvalue weighted by molar-refractivity contribution is 5.94. The van der Waals surface area contributed by atoms with Gasteiger partial charge in [0.1, 0.15) is 11.5 Å². The molecule has 2 aromatic rings. The molecule has 0 saturated heterocycles. The fourth-order valence-corrected chi connectivity index (χ4v) is 1.69. The van der Waals surface area contributed by atoms with Crippen molar-refractivity contribution in [2.24, 2.45) is 5.73 Å². The molecule has 0 aliphatic carbocycles. The zero-order valence-electron chi connectivity index (χ0n) is 10.0. The molecular formula is C14H14N2O2. The normalized spacial score (nSPS) is 10.1. The maximum Gasteiger partial charge on any atom is 0.248 e. The lowest BCUT2D eigenvalue weighted by Gasteiger charge is -2.08. The summed E-state index contributed by atoms with van der Waals surface area (Å²) in [5.41, 5.74) is 12.8. The van der Waals surface area contributed by atoms with Crippen molar-refractivity contribution in [3.8, 4) is 11.5 Å². The van der Waals surface area contributed by atoms with Crippen LogP contribution in [0.1, 0.15) is 15.9 Å². The standard InChI is InChI=1S/C14H14N2O2/c1-9-7-12(5-6-13(9)14(16)17)18-11-4-2-3-10(15)8-11/h2-8H,15H2,1H3,(H2,16,17). The number of nitrogen functional groups attached to an aromatic ring is 1. The van der Waals surface area contributed by atoms with Gasteiger partial charge in [-0.1, -0.05) is 6.07 Å². The summed E-state index contributed by atoms with van der Waals surface area (Å²) in [6, 6.07) is 12.3. The van der Waals surface area contributed by atoms with Gasteiger partial charge in [0, 0.05) is 17.3 Å². The second-order valence-corrected chi connectivity index (χ2v) is 4.02. The zero-order chi connectivity index (χ0) is 13.1. The Bertz CT molecular complexity index is 594. The largest absolute Gasteiger partial charge is 0.457 e. The monoisotopic (exact) mass is 242 g/mol. The molecular weight excluding hydrogens is 228 g/mol. The lowest BCUT2D eigenvalue weighted by Crippen LogP contribution is -2.12. The van der Waals surface area contributed by atoms with E-state index in [4.69, 9.17) is 16.2 Å². The number of carbonyl (C=O) groups is 1. The van der Waals surface area contributed by atoms with E-state index in [1.54, 1.807) is 30.3 Å². The van der Waals surface area contributed by atoms with Crippen molar-refractivity contribution >= 4 is 11.6 Å². The Morgan fingerprint density at radius 3 is 2.44 bits per heavy atom. The van der Waals surface area contributed by atoms with Crippen LogP contribution in [0.15, 0.2) is 42.5 Å². The van der Waals surface area contributed by atoms with Crippen LogP contribution in [-0.2, 0) is 0 Å². The molecule has 0 radical (unpaired) electrons. The number of hydrogen-bond donors (Lipinski definition) is 2. The molecule has 0 fully saturated rings. The summed E-state index contributed by atoms with van der Waals surface area (Å²) in [7, 11) is 0. The molecule has 0 aromatic heterocycles. The number of amides is 1. The third kappa shape index (κ3) is 2.60. The van der Waals surface area contributed by atoms with E-state index in [1.807, 2.05) is 19.1 Å². The third-order valence-electron chi connectivity index (χ3n) is 2.56. The van der Waals surface area contributed by atoms with Gasteiger partial charge in [0.15, 0.2) is 0 Å². The van der Waals surface area contributed by atoms with E-state index in [-0.39, 0.29) is 0 Å². The first kappa shape index (κ1) is 12.0. The van der Waals surface area contributed by atoms with Crippen LogP contribution in [0.4, 0.5) is 5.69 Å². The predicted octanol–water partition coefficient (Wildman–Crippen LogP) is 2.47. The van der Waals surface area contributed by atoms with E-state index in [0.29, 0.717) is 22.7 Å². The van der Waals surface area contributed by atoms with Crippen LogP contribution in [0.5, 0.6) is 11.5 Å². The summed E-state index contributed by atoms with van der Waals surface area (Å²) in [6.45, 7) is 1.81. The number of rotatable bonds is 3. The molecule has 4 nitrogen and oxygen atoms in total. The number of hydrogen-bond acceptors (Lipinski definition) is 3. The molecule has 0 atom stereocenters. The van der Waals surface area contributed by atoms with Crippen molar-refractivity contribution in [1.29, 1.82) is 0 Å². The van der Waals surface area contributed by atoms with Gasteiger partial charge in [-0.15, -0.1) is 0 Å². The van der Waals surface area contributed by atoms with E-state index in [1.165, 1.54) is 0 Å². The molecule has 4 N–H and O–H groups in total. The van der Waals surface area contributed by atoms with Crippen molar-refractivity contribution in [3.63, 3.8) is 0 Å². The Balaban J connectivity index is 2.25. The molecule has 0 heterocycles. The fraction of sp³-hybridized carbons (Fsp3) is 0.0714. The van der Waals surface area contributed by atoms with Crippen LogP contribution in [-0.4, -0.2) is 5.91 Å². The third-order valence-corrected chi connectivity index (χ3v) is 2.56. The number of primary amides is 1. The van der Waals surface area contributed by atoms with Crippen LogP contribution >= 0.6 is 0 Å². The second-order valence-electron chi connectivity index (χ2n) is 4.02. The molecule has 0 aliphatic heterocycles. The lowest BCUT2D eigenvalue weighted by atomic mass is 10.1. The Morgan fingerprint density at radius 2 is 1.83 bits per heavy atom. The minimum absolute atomic E-state index is 0.442. The van der Waals surface area contributed by atoms with Crippen LogP contribution in [0, 0.1) is 6.92 Å². The van der Waals surface area contributed by atoms with Crippen LogP contribution < -0.4 is 16.2 Å². The first-order valence-electron chi connectivity index (χ1n) is 5.50. The van der Waals surface area contributed by atoms with Gasteiger partial charge in [-0.05, 0) is 42.8 Å². The highest BCUT2D eigenvalue weighted by Crippen LogP contribution is 2.24. The number of carbonyl (C=O) groups excluding carboxylic acids is 1. The highest BCUT2D eigenvalue weighted by atomic mass is 16.5. The topological polar surface area (TPSA) is 78.3 Å². The second kappa shape index (κ2) is 4.79. The summed E-state index contributed by atoms with van der Waals surface area (Å²) >= 11 is 0. The number of anilines is 1. The van der Waals surface area contributed by atoms with Gasteiger partial charge in [-0.2, -0.15) is 0 Å². The molecule has 18 heavy (non-hydrogen) atoms. The average Bonchev–Trinajstić information content (AvgIpc) is 2.28. The number of nitrogens with two attached hydrogens (primary N) is 2. The van der Waals surface area contributed by atoms with Crippen molar-refractivity contribution in [1.82, 2.24) is 0 Å². The van der Waals surface area contributed by atoms with Gasteiger partial charge >= 0.3 is 0 Å². The van der Waals surface area contributed by atoms with E-state index >= 15 is 0 Å². The Hall–Kier alpha value is -2.49. The number of ether oxygens (including phenoxy) is 1. The van der Waals surface area contributed by atoms with Gasteiger partial charge in [0.05, 0.1) is 0 Å². The molecule has 0 aliphatic rings. The molecule has 0 saturated carbocycles. The van der Waals surface area contributed by atoms with Crippen molar-refractivity contribution in [2.75, 3.05) is 5.73 Å². The molecule has 92 valence electrons. The van der Waals surface area contributed by atoms with Crippen molar-refractivity contribution in [3.05, 3.63) is 53.6 Å². The molecule has 2 aromatic carbocycles. The minimum atomic E-state index is -0.442. The lowest BCUT2D eigenvalue weighted by molar-refractivity contribution is 0.0999. The SMILES string of the molecule is Cc1cc(Oc2cccc(N)c2)ccc1C(N)=O. The van der Waals surface area contributed by atoms with Crippen LogP contribution in [0.3, 0.4) is 0 Å². The molecule has 0 unspecified atom stereocenters. The highest BCUT2D eigenvalue weighted by Gasteiger charge is 2.06. The number of aryl methyl sites for hydroxylation is 1. The van der Waals surface area contributed by atoms with Gasteiger partial charge in [0.2, 0.25) is 5.91 Å². The Labute approximate surface area is 105 Å². The summed E-state index contributed by atoms with van der Waals surface area (Å²) in [4.78, 5) is 11.1. The van der Waals surface area contributed by atoms with Crippen LogP contribution in [0.2, 0.25) is 0 Å². The van der Waals surface area contributed by atoms with Gasteiger partial charge < -0.3 is 16.2 Å². The van der Waals surface area contributed by atoms with Gasteiger partial charge in [0.25, 0.3) is 0 Å². The smallest absolute Gasteiger partial charge is 0.248 e. The summed E-state index contributed by atoms with van der Waals surface area (Å²) in [5, 5.41) is 0. The molecule has 0 spiro atoms. The fourth-order valence-electron chi connectivity index (χ4n) is 1.69. The van der Waals surface area contributed by atoms with E-state index in [0.717, 1.165) is 5.56 Å². The Morgan fingerprint density at radius 1 is 1.11 bits per heavy atom.